The predicted molar refractivity (Wildman–Crippen MR) is 136 cm³/mol. The minimum Gasteiger partial charge on any atom is -0.376 e. The van der Waals surface area contributed by atoms with Crippen molar-refractivity contribution in [3.63, 3.8) is 0 Å². The van der Waals surface area contributed by atoms with Crippen molar-refractivity contribution in [2.75, 3.05) is 31.1 Å². The summed E-state index contributed by atoms with van der Waals surface area (Å²) in [6, 6.07) is 10.4. The maximum Gasteiger partial charge on any atom is 0.260 e. The third-order valence-corrected chi connectivity index (χ3v) is 9.11. The molecule has 1 aromatic heterocycles. The topological polar surface area (TPSA) is 79.8 Å². The fourth-order valence-corrected chi connectivity index (χ4v) is 6.58. The van der Waals surface area contributed by atoms with Gasteiger partial charge in [0.25, 0.3) is 5.91 Å². The molecule has 1 atom stereocenters. The second kappa shape index (κ2) is 11.1. The van der Waals surface area contributed by atoms with Gasteiger partial charge in [0.15, 0.2) is 5.13 Å². The first-order valence-corrected chi connectivity index (χ1v) is 14.2. The number of rotatable bonds is 10. The highest BCUT2D eigenvalue weighted by molar-refractivity contribution is 7.89. The molecule has 1 amide bonds. The van der Waals surface area contributed by atoms with Crippen LogP contribution in [0, 0.1) is 5.82 Å². The van der Waals surface area contributed by atoms with E-state index in [9.17, 15) is 17.6 Å². The van der Waals surface area contributed by atoms with Gasteiger partial charge in [0.05, 0.1) is 27.8 Å². The standard InChI is InChI=1S/C25H30FN3O4S2/c1-3-5-14-28(4-2)35(31,32)21-11-8-18(9-12-21)24(30)29(17-20-7-6-15-33-20)25-27-22-13-10-19(26)16-23(22)34-25/h8-13,16,20H,3-7,14-15,17H2,1-2H3. The van der Waals surface area contributed by atoms with Crippen LogP contribution >= 0.6 is 11.3 Å². The van der Waals surface area contributed by atoms with Crippen LogP contribution in [0.15, 0.2) is 47.4 Å². The van der Waals surface area contributed by atoms with E-state index in [4.69, 9.17) is 4.74 Å². The van der Waals surface area contributed by atoms with Crippen LogP contribution in [0.1, 0.15) is 49.9 Å². The highest BCUT2D eigenvalue weighted by Crippen LogP contribution is 2.31. The summed E-state index contributed by atoms with van der Waals surface area (Å²) in [6.07, 6.45) is 3.34. The van der Waals surface area contributed by atoms with E-state index in [2.05, 4.69) is 4.98 Å². The fourth-order valence-electron chi connectivity index (χ4n) is 4.10. The number of ether oxygens (including phenoxy) is 1. The van der Waals surface area contributed by atoms with Crippen LogP contribution in [0.5, 0.6) is 0 Å². The van der Waals surface area contributed by atoms with Crippen molar-refractivity contribution in [3.8, 4) is 0 Å². The van der Waals surface area contributed by atoms with E-state index in [1.165, 1.54) is 39.9 Å². The lowest BCUT2D eigenvalue weighted by Gasteiger charge is -2.23. The maximum absolute atomic E-state index is 13.7. The van der Waals surface area contributed by atoms with Crippen LogP contribution in [0.3, 0.4) is 0 Å². The van der Waals surface area contributed by atoms with Gasteiger partial charge in [-0.15, -0.1) is 0 Å². The Morgan fingerprint density at radius 2 is 1.97 bits per heavy atom. The summed E-state index contributed by atoms with van der Waals surface area (Å²) in [6.45, 7) is 5.65. The summed E-state index contributed by atoms with van der Waals surface area (Å²) >= 11 is 1.24. The number of anilines is 1. The van der Waals surface area contributed by atoms with Crippen molar-refractivity contribution in [1.82, 2.24) is 9.29 Å². The summed E-state index contributed by atoms with van der Waals surface area (Å²) in [5, 5.41) is 0.458. The van der Waals surface area contributed by atoms with Gasteiger partial charge in [0, 0.05) is 25.3 Å². The third-order valence-electron chi connectivity index (χ3n) is 6.08. The molecule has 1 aliphatic rings. The molecule has 1 aliphatic heterocycles. The number of carbonyl (C=O) groups excluding carboxylic acids is 1. The monoisotopic (exact) mass is 519 g/mol. The number of unbranched alkanes of at least 4 members (excludes halogenated alkanes) is 1. The van der Waals surface area contributed by atoms with Gasteiger partial charge in [-0.05, 0) is 61.7 Å². The van der Waals surface area contributed by atoms with E-state index < -0.39 is 10.0 Å². The van der Waals surface area contributed by atoms with Crippen LogP contribution in [-0.4, -0.2) is 56.0 Å². The fraction of sp³-hybridized carbons (Fsp3) is 0.440. The van der Waals surface area contributed by atoms with Gasteiger partial charge in [0.2, 0.25) is 10.0 Å². The third kappa shape index (κ3) is 5.72. The number of nitrogens with zero attached hydrogens (tertiary/aromatic N) is 3. The van der Waals surface area contributed by atoms with Gasteiger partial charge in [-0.3, -0.25) is 9.69 Å². The van der Waals surface area contributed by atoms with Crippen LogP contribution in [0.2, 0.25) is 0 Å². The summed E-state index contributed by atoms with van der Waals surface area (Å²) in [5.41, 5.74) is 0.966. The van der Waals surface area contributed by atoms with Crippen molar-refractivity contribution in [3.05, 3.63) is 53.8 Å². The molecule has 0 saturated carbocycles. The molecule has 2 aromatic carbocycles. The molecule has 7 nitrogen and oxygen atoms in total. The molecular formula is C25H30FN3O4S2. The largest absolute Gasteiger partial charge is 0.376 e. The summed E-state index contributed by atoms with van der Waals surface area (Å²) in [4.78, 5) is 19.9. The Bertz CT molecular complexity index is 1270. The number of fused-ring (bicyclic) bond motifs is 1. The number of hydrogen-bond donors (Lipinski definition) is 0. The predicted octanol–water partition coefficient (Wildman–Crippen LogP) is 5.07. The Kier molecular flexibility index (Phi) is 8.16. The van der Waals surface area contributed by atoms with Gasteiger partial charge >= 0.3 is 0 Å². The maximum atomic E-state index is 13.7. The normalized spacial score (nSPS) is 16.3. The minimum atomic E-state index is -3.64. The SMILES string of the molecule is CCCCN(CC)S(=O)(=O)c1ccc(C(=O)N(CC2CCCO2)c2nc3ccc(F)cc3s2)cc1. The van der Waals surface area contributed by atoms with Crippen molar-refractivity contribution in [1.29, 1.82) is 0 Å². The van der Waals surface area contributed by atoms with Crippen molar-refractivity contribution < 1.29 is 22.3 Å². The van der Waals surface area contributed by atoms with E-state index in [0.717, 1.165) is 25.7 Å². The zero-order valence-electron chi connectivity index (χ0n) is 19.9. The molecular weight excluding hydrogens is 489 g/mol. The van der Waals surface area contributed by atoms with E-state index in [1.807, 2.05) is 13.8 Å². The van der Waals surface area contributed by atoms with Gasteiger partial charge < -0.3 is 4.74 Å². The number of aromatic nitrogens is 1. The molecule has 0 radical (unpaired) electrons. The summed E-state index contributed by atoms with van der Waals surface area (Å²) < 4.78 is 47.6. The molecule has 1 saturated heterocycles. The van der Waals surface area contributed by atoms with E-state index in [-0.39, 0.29) is 22.7 Å². The first-order valence-electron chi connectivity index (χ1n) is 11.9. The summed E-state index contributed by atoms with van der Waals surface area (Å²) in [5.74, 6) is -0.663. The van der Waals surface area contributed by atoms with Gasteiger partial charge in [-0.1, -0.05) is 31.6 Å². The Hall–Kier alpha value is -2.40. The first-order chi connectivity index (χ1) is 16.8. The Morgan fingerprint density at radius 1 is 1.20 bits per heavy atom. The summed E-state index contributed by atoms with van der Waals surface area (Å²) in [7, 11) is -3.64. The zero-order valence-corrected chi connectivity index (χ0v) is 21.6. The van der Waals surface area contributed by atoms with Gasteiger partial charge in [-0.2, -0.15) is 4.31 Å². The Labute approximate surface area is 209 Å². The van der Waals surface area contributed by atoms with E-state index in [1.54, 1.807) is 23.1 Å². The van der Waals surface area contributed by atoms with Crippen LogP contribution in [-0.2, 0) is 14.8 Å². The number of halogens is 1. The molecule has 35 heavy (non-hydrogen) atoms. The first kappa shape index (κ1) is 25.7. The molecule has 10 heteroatoms. The van der Waals surface area contributed by atoms with Crippen molar-refractivity contribution in [2.24, 2.45) is 0 Å². The lowest BCUT2D eigenvalue weighted by molar-refractivity contribution is 0.0917. The highest BCUT2D eigenvalue weighted by atomic mass is 32.2. The molecule has 1 fully saturated rings. The lowest BCUT2D eigenvalue weighted by Crippen LogP contribution is -2.37. The quantitative estimate of drug-likeness (QED) is 0.374. The second-order valence-corrected chi connectivity index (χ2v) is 11.5. The number of hydrogen-bond acceptors (Lipinski definition) is 6. The van der Waals surface area contributed by atoms with E-state index in [0.29, 0.717) is 47.2 Å². The average Bonchev–Trinajstić information content (AvgIpc) is 3.52. The molecule has 3 aromatic rings. The number of thiazole rings is 1. The second-order valence-electron chi connectivity index (χ2n) is 8.53. The van der Waals surface area contributed by atoms with Gasteiger partial charge in [-0.25, -0.2) is 17.8 Å². The van der Waals surface area contributed by atoms with Crippen LogP contribution in [0.4, 0.5) is 9.52 Å². The molecule has 0 spiro atoms. The van der Waals surface area contributed by atoms with Crippen LogP contribution in [0.25, 0.3) is 10.2 Å². The number of benzene rings is 2. The number of sulfonamides is 1. The molecule has 2 heterocycles. The van der Waals surface area contributed by atoms with Gasteiger partial charge in [0.1, 0.15) is 5.82 Å². The lowest BCUT2D eigenvalue weighted by atomic mass is 10.2. The molecule has 0 aliphatic carbocycles. The van der Waals surface area contributed by atoms with Crippen LogP contribution < -0.4 is 4.90 Å². The molecule has 0 bridgehead atoms. The molecule has 0 N–H and O–H groups in total. The Morgan fingerprint density at radius 3 is 2.63 bits per heavy atom. The number of carbonyl (C=O) groups is 1. The molecule has 1 unspecified atom stereocenters. The van der Waals surface area contributed by atoms with E-state index >= 15 is 0 Å². The minimum absolute atomic E-state index is 0.112. The Balaban J connectivity index is 1.62. The smallest absolute Gasteiger partial charge is 0.260 e. The van der Waals surface area contributed by atoms with Crippen molar-refractivity contribution in [2.45, 2.75) is 50.5 Å². The molecule has 4 rings (SSSR count). The number of amides is 1. The zero-order chi connectivity index (χ0) is 25.0. The molecule has 188 valence electrons. The van der Waals surface area contributed by atoms with Crippen molar-refractivity contribution >= 4 is 42.6 Å². The average molecular weight is 520 g/mol. The highest BCUT2D eigenvalue weighted by Gasteiger charge is 2.28.